The number of carbonyl (C=O) groups excluding carboxylic acids is 1. The van der Waals surface area contributed by atoms with E-state index in [-0.39, 0.29) is 5.97 Å². The van der Waals surface area contributed by atoms with Gasteiger partial charge >= 0.3 is 11.7 Å². The van der Waals surface area contributed by atoms with E-state index in [0.717, 1.165) is 5.56 Å². The van der Waals surface area contributed by atoms with Gasteiger partial charge in [-0.15, -0.1) is 0 Å². The average molecular weight is 249 g/mol. The molecule has 0 bridgehead atoms. The van der Waals surface area contributed by atoms with Crippen molar-refractivity contribution in [2.75, 3.05) is 7.11 Å². The Morgan fingerprint density at radius 2 is 2.06 bits per heavy atom. The van der Waals surface area contributed by atoms with Crippen LogP contribution in [0.1, 0.15) is 19.4 Å². The van der Waals surface area contributed by atoms with Crippen LogP contribution in [-0.2, 0) is 22.0 Å². The van der Waals surface area contributed by atoms with Crippen LogP contribution in [0.15, 0.2) is 27.4 Å². The van der Waals surface area contributed by atoms with Crippen molar-refractivity contribution in [2.45, 2.75) is 19.3 Å². The van der Waals surface area contributed by atoms with Crippen molar-refractivity contribution in [3.63, 3.8) is 0 Å². The Morgan fingerprint density at radius 3 is 2.67 bits per heavy atom. The number of rotatable bonds is 2. The van der Waals surface area contributed by atoms with Crippen LogP contribution in [-0.4, -0.2) is 17.6 Å². The zero-order chi connectivity index (χ0) is 13.5. The summed E-state index contributed by atoms with van der Waals surface area (Å²) in [5.41, 5.74) is 1.18. The highest BCUT2D eigenvalue weighted by molar-refractivity contribution is 5.84. The number of hydrogen-bond donors (Lipinski definition) is 0. The molecule has 0 aliphatic rings. The van der Waals surface area contributed by atoms with E-state index in [1.165, 1.54) is 11.7 Å². The van der Waals surface area contributed by atoms with Crippen molar-refractivity contribution in [1.82, 2.24) is 4.57 Å². The lowest BCUT2D eigenvalue weighted by atomic mass is 9.84. The van der Waals surface area contributed by atoms with E-state index >= 15 is 0 Å². The summed E-state index contributed by atoms with van der Waals surface area (Å²) < 4.78 is 11.2. The van der Waals surface area contributed by atoms with Crippen molar-refractivity contribution in [2.24, 2.45) is 7.05 Å². The lowest BCUT2D eigenvalue weighted by Crippen LogP contribution is -2.30. The summed E-state index contributed by atoms with van der Waals surface area (Å²) in [4.78, 5) is 23.1. The van der Waals surface area contributed by atoms with Crippen LogP contribution in [0.5, 0.6) is 0 Å². The fourth-order valence-electron chi connectivity index (χ4n) is 1.89. The van der Waals surface area contributed by atoms with Crippen LogP contribution in [0, 0.1) is 0 Å². The van der Waals surface area contributed by atoms with Gasteiger partial charge in [0.05, 0.1) is 18.0 Å². The zero-order valence-electron chi connectivity index (χ0n) is 10.8. The van der Waals surface area contributed by atoms with Crippen LogP contribution in [0.2, 0.25) is 0 Å². The lowest BCUT2D eigenvalue weighted by Gasteiger charge is -2.21. The van der Waals surface area contributed by atoms with Gasteiger partial charge in [0, 0.05) is 7.05 Å². The van der Waals surface area contributed by atoms with Gasteiger partial charge in [-0.2, -0.15) is 0 Å². The average Bonchev–Trinajstić information content (AvgIpc) is 2.63. The molecule has 5 heteroatoms. The van der Waals surface area contributed by atoms with Crippen LogP contribution in [0.4, 0.5) is 0 Å². The summed E-state index contributed by atoms with van der Waals surface area (Å²) in [6.45, 7) is 3.55. The molecular weight excluding hydrogens is 234 g/mol. The first-order chi connectivity index (χ1) is 8.37. The summed E-state index contributed by atoms with van der Waals surface area (Å²) in [7, 11) is 2.99. The molecule has 0 saturated heterocycles. The smallest absolute Gasteiger partial charge is 0.419 e. The Kier molecular flexibility index (Phi) is 2.77. The normalized spacial score (nSPS) is 11.8. The highest BCUT2D eigenvalue weighted by Gasteiger charge is 2.31. The van der Waals surface area contributed by atoms with Gasteiger partial charge in [0.1, 0.15) is 0 Å². The first kappa shape index (κ1) is 12.4. The Balaban J connectivity index is 2.63. The highest BCUT2D eigenvalue weighted by Crippen LogP contribution is 2.27. The Morgan fingerprint density at radius 1 is 1.39 bits per heavy atom. The summed E-state index contributed by atoms with van der Waals surface area (Å²) in [5, 5.41) is 0. The number of oxazole rings is 1. The van der Waals surface area contributed by atoms with E-state index in [1.807, 2.05) is 0 Å². The number of aryl methyl sites for hydroxylation is 1. The zero-order valence-corrected chi connectivity index (χ0v) is 10.8. The van der Waals surface area contributed by atoms with E-state index in [0.29, 0.717) is 11.1 Å². The molecule has 0 saturated carbocycles. The number of methoxy groups -OCH3 is 1. The maximum Gasteiger partial charge on any atom is 0.419 e. The molecule has 1 aromatic heterocycles. The topological polar surface area (TPSA) is 61.4 Å². The minimum absolute atomic E-state index is 0.324. The van der Waals surface area contributed by atoms with Crippen molar-refractivity contribution in [1.29, 1.82) is 0 Å². The van der Waals surface area contributed by atoms with Crippen LogP contribution >= 0.6 is 0 Å². The molecule has 5 nitrogen and oxygen atoms in total. The van der Waals surface area contributed by atoms with Gasteiger partial charge in [-0.3, -0.25) is 9.36 Å². The van der Waals surface area contributed by atoms with Crippen LogP contribution in [0.25, 0.3) is 11.1 Å². The monoisotopic (exact) mass is 249 g/mol. The second-order valence-electron chi connectivity index (χ2n) is 4.73. The minimum Gasteiger partial charge on any atom is -0.468 e. The molecule has 0 spiro atoms. The fraction of sp³-hybridized carbons (Fsp3) is 0.385. The molecule has 0 amide bonds. The van der Waals surface area contributed by atoms with Gasteiger partial charge in [0.25, 0.3) is 0 Å². The number of hydrogen-bond acceptors (Lipinski definition) is 4. The Labute approximate surface area is 104 Å². The third kappa shape index (κ3) is 1.72. The summed E-state index contributed by atoms with van der Waals surface area (Å²) in [6.07, 6.45) is 0. The molecule has 1 heterocycles. The molecule has 0 fully saturated rings. The quantitative estimate of drug-likeness (QED) is 0.758. The number of esters is 1. The third-order valence-electron chi connectivity index (χ3n) is 3.21. The lowest BCUT2D eigenvalue weighted by molar-refractivity contribution is -0.146. The molecule has 0 radical (unpaired) electrons. The first-order valence-electron chi connectivity index (χ1n) is 5.56. The molecule has 96 valence electrons. The summed E-state index contributed by atoms with van der Waals surface area (Å²) in [5.74, 6) is -0.742. The third-order valence-corrected chi connectivity index (χ3v) is 3.21. The number of ether oxygens (including phenoxy) is 1. The molecule has 2 rings (SSSR count). The highest BCUT2D eigenvalue weighted by atomic mass is 16.5. The number of aromatic nitrogens is 1. The molecule has 0 aliphatic heterocycles. The van der Waals surface area contributed by atoms with Crippen molar-refractivity contribution in [3.8, 4) is 0 Å². The van der Waals surface area contributed by atoms with E-state index in [1.54, 1.807) is 39.1 Å². The van der Waals surface area contributed by atoms with Gasteiger partial charge in [0.2, 0.25) is 0 Å². The standard InChI is InChI=1S/C13H15NO4/c1-13(2,11(15)17-4)8-5-6-10-9(7-8)14(3)12(16)18-10/h5-7H,1-4H3. The molecule has 18 heavy (non-hydrogen) atoms. The van der Waals surface area contributed by atoms with E-state index in [2.05, 4.69) is 0 Å². The predicted octanol–water partition coefficient (Wildman–Crippen LogP) is 1.58. The van der Waals surface area contributed by atoms with Crippen LogP contribution in [0.3, 0.4) is 0 Å². The van der Waals surface area contributed by atoms with Gasteiger partial charge in [0.15, 0.2) is 5.58 Å². The molecule has 1 aromatic carbocycles. The second kappa shape index (κ2) is 4.01. The van der Waals surface area contributed by atoms with Crippen molar-refractivity contribution in [3.05, 3.63) is 34.3 Å². The minimum atomic E-state index is -0.768. The Bertz CT molecular complexity index is 663. The predicted molar refractivity (Wildman–Crippen MR) is 66.5 cm³/mol. The van der Waals surface area contributed by atoms with Crippen molar-refractivity contribution < 1.29 is 13.9 Å². The molecule has 2 aromatic rings. The van der Waals surface area contributed by atoms with Gasteiger partial charge < -0.3 is 9.15 Å². The van der Waals surface area contributed by atoms with Gasteiger partial charge in [-0.1, -0.05) is 6.07 Å². The molecule has 0 atom stereocenters. The number of fused-ring (bicyclic) bond motifs is 1. The van der Waals surface area contributed by atoms with Crippen LogP contribution < -0.4 is 5.76 Å². The maximum atomic E-state index is 11.7. The van der Waals surface area contributed by atoms with Crippen molar-refractivity contribution >= 4 is 17.1 Å². The van der Waals surface area contributed by atoms with Gasteiger partial charge in [-0.05, 0) is 31.5 Å². The molecule has 0 unspecified atom stereocenters. The maximum absolute atomic E-state index is 11.7. The first-order valence-corrected chi connectivity index (χ1v) is 5.56. The van der Waals surface area contributed by atoms with E-state index < -0.39 is 11.2 Å². The number of benzene rings is 1. The summed E-state index contributed by atoms with van der Waals surface area (Å²) in [6, 6.07) is 5.23. The molecule has 0 N–H and O–H groups in total. The number of nitrogens with zero attached hydrogens (tertiary/aromatic N) is 1. The number of carbonyl (C=O) groups is 1. The molecule has 0 aliphatic carbocycles. The second-order valence-corrected chi connectivity index (χ2v) is 4.73. The SMILES string of the molecule is COC(=O)C(C)(C)c1ccc2oc(=O)n(C)c2c1. The summed E-state index contributed by atoms with van der Waals surface area (Å²) >= 11 is 0. The van der Waals surface area contributed by atoms with E-state index in [9.17, 15) is 9.59 Å². The fourth-order valence-corrected chi connectivity index (χ4v) is 1.89. The largest absolute Gasteiger partial charge is 0.468 e. The van der Waals surface area contributed by atoms with E-state index in [4.69, 9.17) is 9.15 Å². The molecular formula is C13H15NO4. The van der Waals surface area contributed by atoms with Gasteiger partial charge in [-0.25, -0.2) is 4.79 Å². The Hall–Kier alpha value is -2.04.